The summed E-state index contributed by atoms with van der Waals surface area (Å²) in [6.45, 7) is 12.6. The summed E-state index contributed by atoms with van der Waals surface area (Å²) in [6, 6.07) is 14.2. The summed E-state index contributed by atoms with van der Waals surface area (Å²) in [4.78, 5) is 27.8. The molecule has 0 aliphatic carbocycles. The zero-order valence-corrected chi connectivity index (χ0v) is 21.4. The molecule has 0 N–H and O–H groups in total. The number of fused-ring (bicyclic) bond motifs is 1. The Morgan fingerprint density at radius 2 is 1.63 bits per heavy atom. The van der Waals surface area contributed by atoms with Gasteiger partial charge in [0.25, 0.3) is 5.56 Å². The number of benzene rings is 2. The first-order chi connectivity index (χ1) is 16.8. The van der Waals surface area contributed by atoms with Crippen molar-refractivity contribution in [2.24, 2.45) is 7.05 Å². The van der Waals surface area contributed by atoms with Crippen molar-refractivity contribution in [3.05, 3.63) is 80.9 Å². The highest BCUT2D eigenvalue weighted by molar-refractivity contribution is 5.83. The average Bonchev–Trinajstić information content (AvgIpc) is 3.00. The lowest BCUT2D eigenvalue weighted by atomic mass is 10.1. The maximum absolute atomic E-state index is 13.4. The summed E-state index contributed by atoms with van der Waals surface area (Å²) in [5.74, 6) is 0.808. The van der Waals surface area contributed by atoms with Crippen molar-refractivity contribution in [3.8, 4) is 5.69 Å². The molecule has 7 heteroatoms. The smallest absolute Gasteiger partial charge is 0.276 e. The Bertz CT molecular complexity index is 1440. The van der Waals surface area contributed by atoms with Gasteiger partial charge in [-0.2, -0.15) is 0 Å². The molecule has 1 aliphatic rings. The second-order valence-corrected chi connectivity index (χ2v) is 9.72. The summed E-state index contributed by atoms with van der Waals surface area (Å²) < 4.78 is 3.73. The molecule has 3 heterocycles. The van der Waals surface area contributed by atoms with Crippen molar-refractivity contribution in [2.45, 2.75) is 40.7 Å². The van der Waals surface area contributed by atoms with E-state index in [1.54, 1.807) is 4.68 Å². The van der Waals surface area contributed by atoms with Crippen LogP contribution in [-0.2, 0) is 13.6 Å². The first kappa shape index (κ1) is 23.3. The minimum absolute atomic E-state index is 0.0662. The van der Waals surface area contributed by atoms with Crippen LogP contribution in [0.25, 0.3) is 16.6 Å². The molecule has 2 aromatic heterocycles. The fourth-order valence-electron chi connectivity index (χ4n) is 5.03. The maximum Gasteiger partial charge on any atom is 0.276 e. The summed E-state index contributed by atoms with van der Waals surface area (Å²) >= 11 is 0. The number of aromatic nitrogens is 4. The van der Waals surface area contributed by atoms with E-state index in [0.717, 1.165) is 72.1 Å². The average molecular weight is 471 g/mol. The third-order valence-corrected chi connectivity index (χ3v) is 7.42. The Balaban J connectivity index is 1.36. The second-order valence-electron chi connectivity index (χ2n) is 9.72. The Hall–Kier alpha value is -3.45. The number of hydrogen-bond donors (Lipinski definition) is 0. The van der Waals surface area contributed by atoms with Crippen LogP contribution in [0.3, 0.4) is 0 Å². The summed E-state index contributed by atoms with van der Waals surface area (Å²) in [5.41, 5.74) is 7.40. The molecule has 0 bridgehead atoms. The SMILES string of the molecule is Cc1cc2nc(N3CCCN(Cc4c(C)n(C)n(-c5ccccc5)c4=O)CC3)nc(C)c2cc1C. The number of nitrogens with zero attached hydrogens (tertiary/aromatic N) is 6. The van der Waals surface area contributed by atoms with E-state index in [9.17, 15) is 4.79 Å². The van der Waals surface area contributed by atoms with Crippen molar-refractivity contribution < 1.29 is 0 Å². The Labute approximate surface area is 206 Å². The summed E-state index contributed by atoms with van der Waals surface area (Å²) in [6.07, 6.45) is 1.01. The third-order valence-electron chi connectivity index (χ3n) is 7.42. The fourth-order valence-corrected chi connectivity index (χ4v) is 5.03. The quantitative estimate of drug-likeness (QED) is 0.450. The van der Waals surface area contributed by atoms with E-state index >= 15 is 0 Å². The van der Waals surface area contributed by atoms with E-state index < -0.39 is 0 Å². The van der Waals surface area contributed by atoms with Crippen LogP contribution in [-0.4, -0.2) is 50.4 Å². The number of aryl methyl sites for hydroxylation is 3. The second kappa shape index (κ2) is 9.30. The zero-order chi connectivity index (χ0) is 24.7. The van der Waals surface area contributed by atoms with Gasteiger partial charge in [0.05, 0.1) is 22.5 Å². The van der Waals surface area contributed by atoms with Gasteiger partial charge in [0.15, 0.2) is 0 Å². The van der Waals surface area contributed by atoms with Gasteiger partial charge in [-0.05, 0) is 69.5 Å². The van der Waals surface area contributed by atoms with Crippen LogP contribution in [0.1, 0.15) is 34.5 Å². The van der Waals surface area contributed by atoms with Gasteiger partial charge in [0.1, 0.15) is 0 Å². The molecule has 1 saturated heterocycles. The minimum Gasteiger partial charge on any atom is -0.339 e. The van der Waals surface area contributed by atoms with Crippen LogP contribution in [0.5, 0.6) is 0 Å². The van der Waals surface area contributed by atoms with Crippen LogP contribution in [0, 0.1) is 27.7 Å². The molecule has 5 rings (SSSR count). The van der Waals surface area contributed by atoms with Crippen LogP contribution >= 0.6 is 0 Å². The van der Waals surface area contributed by atoms with Gasteiger partial charge in [-0.15, -0.1) is 0 Å². The Kier molecular flexibility index (Phi) is 6.19. The van der Waals surface area contributed by atoms with Crippen LogP contribution < -0.4 is 10.5 Å². The fraction of sp³-hybridized carbons (Fsp3) is 0.393. The molecule has 4 aromatic rings. The predicted molar refractivity (Wildman–Crippen MR) is 142 cm³/mol. The van der Waals surface area contributed by atoms with Crippen molar-refractivity contribution in [1.29, 1.82) is 0 Å². The van der Waals surface area contributed by atoms with Crippen molar-refractivity contribution >= 4 is 16.9 Å². The molecule has 1 aliphatic heterocycles. The van der Waals surface area contributed by atoms with Crippen molar-refractivity contribution in [3.63, 3.8) is 0 Å². The molecule has 0 spiro atoms. The molecule has 182 valence electrons. The monoisotopic (exact) mass is 470 g/mol. The number of anilines is 1. The van der Waals surface area contributed by atoms with E-state index in [0.29, 0.717) is 6.54 Å². The molecule has 0 atom stereocenters. The summed E-state index contributed by atoms with van der Waals surface area (Å²) in [5, 5.41) is 1.13. The highest BCUT2D eigenvalue weighted by Crippen LogP contribution is 2.24. The molecule has 0 radical (unpaired) electrons. The van der Waals surface area contributed by atoms with E-state index in [4.69, 9.17) is 9.97 Å². The topological polar surface area (TPSA) is 59.2 Å². The lowest BCUT2D eigenvalue weighted by molar-refractivity contribution is 0.284. The van der Waals surface area contributed by atoms with Crippen LogP contribution in [0.15, 0.2) is 47.3 Å². The Morgan fingerprint density at radius 1 is 0.886 bits per heavy atom. The molecule has 1 fully saturated rings. The predicted octanol–water partition coefficient (Wildman–Crippen LogP) is 4.07. The molecule has 2 aromatic carbocycles. The highest BCUT2D eigenvalue weighted by atomic mass is 16.1. The molecule has 7 nitrogen and oxygen atoms in total. The lowest BCUT2D eigenvalue weighted by Crippen LogP contribution is -2.33. The van der Waals surface area contributed by atoms with E-state index in [2.05, 4.69) is 42.7 Å². The maximum atomic E-state index is 13.4. The first-order valence-electron chi connectivity index (χ1n) is 12.4. The minimum atomic E-state index is 0.0662. The number of hydrogen-bond acceptors (Lipinski definition) is 5. The first-order valence-corrected chi connectivity index (χ1v) is 12.4. The van der Waals surface area contributed by atoms with E-state index in [-0.39, 0.29) is 5.56 Å². The van der Waals surface area contributed by atoms with Gasteiger partial charge in [0, 0.05) is 50.9 Å². The molecular formula is C28H34N6O. The number of para-hydroxylation sites is 1. The van der Waals surface area contributed by atoms with Gasteiger partial charge in [0.2, 0.25) is 5.95 Å². The molecular weight excluding hydrogens is 436 g/mol. The number of rotatable bonds is 4. The van der Waals surface area contributed by atoms with Crippen molar-refractivity contribution in [2.75, 3.05) is 31.1 Å². The molecule has 0 amide bonds. The molecule has 35 heavy (non-hydrogen) atoms. The largest absolute Gasteiger partial charge is 0.339 e. The van der Waals surface area contributed by atoms with Crippen molar-refractivity contribution in [1.82, 2.24) is 24.2 Å². The van der Waals surface area contributed by atoms with Gasteiger partial charge in [-0.1, -0.05) is 18.2 Å². The normalized spacial score (nSPS) is 15.1. The standard InChI is InChI=1S/C28H34N6O/c1-19-16-24-21(3)29-28(30-26(24)17-20(19)2)33-13-9-12-32(14-15-33)18-25-22(4)31(5)34(27(25)35)23-10-7-6-8-11-23/h6-8,10-11,16-17H,9,12-15,18H2,1-5H3. The van der Waals surface area contributed by atoms with Crippen LogP contribution in [0.4, 0.5) is 5.95 Å². The highest BCUT2D eigenvalue weighted by Gasteiger charge is 2.22. The molecule has 0 saturated carbocycles. The Morgan fingerprint density at radius 3 is 2.40 bits per heavy atom. The van der Waals surface area contributed by atoms with Gasteiger partial charge >= 0.3 is 0 Å². The van der Waals surface area contributed by atoms with Crippen LogP contribution in [0.2, 0.25) is 0 Å². The molecule has 0 unspecified atom stereocenters. The van der Waals surface area contributed by atoms with Gasteiger partial charge in [-0.25, -0.2) is 14.6 Å². The van der Waals surface area contributed by atoms with Gasteiger partial charge in [-0.3, -0.25) is 14.4 Å². The van der Waals surface area contributed by atoms with E-state index in [1.165, 1.54) is 11.1 Å². The zero-order valence-electron chi connectivity index (χ0n) is 21.4. The lowest BCUT2D eigenvalue weighted by Gasteiger charge is -2.22. The summed E-state index contributed by atoms with van der Waals surface area (Å²) in [7, 11) is 1.96. The van der Waals surface area contributed by atoms with E-state index in [1.807, 2.05) is 49.0 Å². The third kappa shape index (κ3) is 4.36. The van der Waals surface area contributed by atoms with Gasteiger partial charge < -0.3 is 4.90 Å².